The van der Waals surface area contributed by atoms with Crippen molar-refractivity contribution in [1.82, 2.24) is 9.21 Å². The van der Waals surface area contributed by atoms with Crippen LogP contribution in [0.1, 0.15) is 33.1 Å². The summed E-state index contributed by atoms with van der Waals surface area (Å²) in [6, 6.07) is -0.615. The molecule has 1 aliphatic rings. The molecule has 6 nitrogen and oxygen atoms in total. The van der Waals surface area contributed by atoms with Crippen LogP contribution < -0.4 is 4.74 Å². The van der Waals surface area contributed by atoms with Gasteiger partial charge in [-0.25, -0.2) is 0 Å². The summed E-state index contributed by atoms with van der Waals surface area (Å²) in [5, 5.41) is 0. The van der Waals surface area contributed by atoms with Gasteiger partial charge in [-0.3, -0.25) is 0 Å². The molecule has 0 aromatic heterocycles. The average Bonchev–Trinajstić information content (AvgIpc) is 3.12. The van der Waals surface area contributed by atoms with E-state index in [1.54, 1.807) is 6.92 Å². The van der Waals surface area contributed by atoms with Crippen molar-refractivity contribution in [2.75, 3.05) is 13.1 Å². The molecule has 13 heteroatoms. The van der Waals surface area contributed by atoms with Crippen molar-refractivity contribution in [3.05, 3.63) is 41.2 Å². The third-order valence-corrected chi connectivity index (χ3v) is 5.34. The zero-order chi connectivity index (χ0) is 24.7. The molecule has 0 saturated carbocycles. The average molecular weight is 490 g/mol. The van der Waals surface area contributed by atoms with Gasteiger partial charge in [0.2, 0.25) is 0 Å². The molecule has 2 amide bonds. The van der Waals surface area contributed by atoms with Gasteiger partial charge in [0.1, 0.15) is 0 Å². The number of amides is 2. The number of carbonyl (C=O) groups is 3. The van der Waals surface area contributed by atoms with E-state index in [-0.39, 0.29) is 18.9 Å². The van der Waals surface area contributed by atoms with Crippen molar-refractivity contribution in [1.29, 1.82) is 0 Å². The first-order chi connectivity index (χ1) is 15.6. The second kappa shape index (κ2) is 12.1. The Balaban J connectivity index is 2.10. The van der Waals surface area contributed by atoms with E-state index in [2.05, 4.69) is 4.74 Å². The Hall–Kier alpha value is -2.54. The molecule has 1 aliphatic heterocycles. The van der Waals surface area contributed by atoms with E-state index in [9.17, 15) is 36.3 Å². The maximum atomic E-state index is 13.7. The summed E-state index contributed by atoms with van der Waals surface area (Å²) in [7, 11) is 0. The van der Waals surface area contributed by atoms with Gasteiger partial charge in [0.25, 0.3) is 0 Å². The summed E-state index contributed by atoms with van der Waals surface area (Å²) >= 11 is 0.846. The molecule has 0 radical (unpaired) electrons. The Morgan fingerprint density at radius 1 is 1.09 bits per heavy atom. The van der Waals surface area contributed by atoms with Crippen LogP contribution in [0.2, 0.25) is 0 Å². The van der Waals surface area contributed by atoms with E-state index < -0.39 is 52.7 Å². The standard InChI is InChI=1S/C20H20BF5N2O4S/c1-3-4-5-12(29)9-27(8-11(2)28-13(30)6-7-14(28)31)33-21-10-32-20-18(25)16(23)15(22)17(24)19(20)26/h6-7,10-11H,3-5,8-9H2,1-2H3. The van der Waals surface area contributed by atoms with Crippen molar-refractivity contribution < 1.29 is 41.1 Å². The van der Waals surface area contributed by atoms with Gasteiger partial charge in [0.15, 0.2) is 0 Å². The molecule has 1 atom stereocenters. The summed E-state index contributed by atoms with van der Waals surface area (Å²) < 4.78 is 73.1. The van der Waals surface area contributed by atoms with E-state index in [0.717, 1.165) is 41.5 Å². The first-order valence-electron chi connectivity index (χ1n) is 9.90. The SMILES string of the molecule is CCCCC(=O)CN(CC(C)N1C(=O)C=CC1=O)SB=COc1c(F)c(F)c(F)c(F)c1F. The van der Waals surface area contributed by atoms with E-state index in [1.807, 2.05) is 6.92 Å². The van der Waals surface area contributed by atoms with Crippen LogP contribution in [0.3, 0.4) is 0 Å². The molecule has 0 bridgehead atoms. The third-order valence-electron chi connectivity index (χ3n) is 4.53. The number of Topliss-reactive ketones (excluding diaryl/α,β-unsaturated/α-hetero) is 1. The van der Waals surface area contributed by atoms with Gasteiger partial charge < -0.3 is 0 Å². The van der Waals surface area contributed by atoms with Crippen LogP contribution in [0.25, 0.3) is 0 Å². The molecular formula is C20H20BF5N2O4S. The molecule has 2 rings (SSSR count). The number of unbranched alkanes of at least 4 members (excludes halogenated alkanes) is 1. The Morgan fingerprint density at radius 2 is 1.64 bits per heavy atom. The van der Waals surface area contributed by atoms with E-state index in [0.29, 0.717) is 19.0 Å². The summed E-state index contributed by atoms with van der Waals surface area (Å²) in [5.74, 6) is -13.4. The molecule has 0 fully saturated rings. The Bertz CT molecular complexity index is 945. The van der Waals surface area contributed by atoms with E-state index in [1.165, 1.54) is 4.31 Å². The monoisotopic (exact) mass is 490 g/mol. The van der Waals surface area contributed by atoms with Crippen molar-refractivity contribution >= 4 is 41.7 Å². The normalized spacial score (nSPS) is 14.5. The molecule has 0 saturated heterocycles. The molecule has 0 aliphatic carbocycles. The number of carbonyl (C=O) groups excluding carboxylic acids is 3. The Kier molecular flexibility index (Phi) is 9.78. The van der Waals surface area contributed by atoms with Crippen molar-refractivity contribution in [3.63, 3.8) is 0 Å². The zero-order valence-corrected chi connectivity index (χ0v) is 18.6. The van der Waals surface area contributed by atoms with Crippen LogP contribution in [-0.4, -0.2) is 58.3 Å². The van der Waals surface area contributed by atoms with Gasteiger partial charge in [-0.2, -0.15) is 0 Å². The van der Waals surface area contributed by atoms with Gasteiger partial charge in [-0.1, -0.05) is 0 Å². The van der Waals surface area contributed by atoms with Crippen LogP contribution in [0.5, 0.6) is 5.75 Å². The van der Waals surface area contributed by atoms with E-state index in [4.69, 9.17) is 0 Å². The maximum absolute atomic E-state index is 13.7. The van der Waals surface area contributed by atoms with Gasteiger partial charge in [-0.15, -0.1) is 0 Å². The van der Waals surface area contributed by atoms with Crippen LogP contribution >= 0.6 is 11.8 Å². The molecular weight excluding hydrogens is 470 g/mol. The minimum atomic E-state index is -2.30. The minimum absolute atomic E-state index is 0.0640. The van der Waals surface area contributed by atoms with E-state index >= 15 is 0 Å². The molecule has 1 aromatic rings. The first kappa shape index (κ1) is 26.7. The topological polar surface area (TPSA) is 66.9 Å². The number of rotatable bonds is 12. The van der Waals surface area contributed by atoms with Crippen LogP contribution in [0.4, 0.5) is 22.0 Å². The van der Waals surface area contributed by atoms with Gasteiger partial charge >= 0.3 is 191 Å². The number of imide groups is 1. The van der Waals surface area contributed by atoms with Crippen LogP contribution in [0, 0.1) is 29.1 Å². The van der Waals surface area contributed by atoms with Gasteiger partial charge in [-0.05, 0) is 0 Å². The fraction of sp³-hybridized carbons (Fsp3) is 0.400. The number of benzene rings is 1. The molecule has 1 aromatic carbocycles. The molecule has 0 N–H and O–H groups in total. The van der Waals surface area contributed by atoms with Crippen molar-refractivity contribution in [2.45, 2.75) is 39.2 Å². The second-order valence-corrected chi connectivity index (χ2v) is 8.09. The van der Waals surface area contributed by atoms with Crippen LogP contribution in [-0.2, 0) is 14.4 Å². The summed E-state index contributed by atoms with van der Waals surface area (Å²) in [4.78, 5) is 36.9. The molecule has 178 valence electrons. The fourth-order valence-electron chi connectivity index (χ4n) is 2.91. The second-order valence-electron chi connectivity index (χ2n) is 7.09. The van der Waals surface area contributed by atoms with Gasteiger partial charge in [0, 0.05) is 0 Å². The predicted octanol–water partition coefficient (Wildman–Crippen LogP) is 3.16. The van der Waals surface area contributed by atoms with Crippen molar-refractivity contribution in [3.8, 4) is 5.75 Å². The quantitative estimate of drug-likeness (QED) is 0.112. The predicted molar refractivity (Wildman–Crippen MR) is 113 cm³/mol. The number of hydrogen-bond donors (Lipinski definition) is 0. The molecule has 0 spiro atoms. The summed E-state index contributed by atoms with van der Waals surface area (Å²) in [6.45, 7) is 3.50. The molecule has 33 heavy (non-hydrogen) atoms. The molecule has 1 unspecified atom stereocenters. The number of hydrogen-bond acceptors (Lipinski definition) is 6. The number of nitrogens with zero attached hydrogens (tertiary/aromatic N) is 2. The third kappa shape index (κ3) is 6.73. The number of ketones is 1. The summed E-state index contributed by atoms with van der Waals surface area (Å²) in [5.41, 5.74) is 0. The Labute approximate surface area is 191 Å². The summed E-state index contributed by atoms with van der Waals surface area (Å²) in [6.07, 6.45) is 5.85. The Morgan fingerprint density at radius 3 is 2.18 bits per heavy atom. The molecule has 1 heterocycles. The van der Waals surface area contributed by atoms with Gasteiger partial charge in [0.05, 0.1) is 0 Å². The fourth-order valence-corrected chi connectivity index (χ4v) is 3.71. The number of halogens is 5. The van der Waals surface area contributed by atoms with Crippen molar-refractivity contribution in [2.24, 2.45) is 0 Å². The number of ether oxygens (including phenoxy) is 1. The van der Waals surface area contributed by atoms with Crippen LogP contribution in [0.15, 0.2) is 12.2 Å². The first-order valence-corrected chi connectivity index (χ1v) is 10.7. The zero-order valence-electron chi connectivity index (χ0n) is 17.7.